The van der Waals surface area contributed by atoms with Gasteiger partial charge in [0.15, 0.2) is 5.17 Å². The molecule has 0 saturated carbocycles. The number of methoxy groups -OCH3 is 1. The van der Waals surface area contributed by atoms with Gasteiger partial charge in [0, 0.05) is 29.2 Å². The highest BCUT2D eigenvalue weighted by atomic mass is 32.2. The van der Waals surface area contributed by atoms with E-state index in [1.54, 1.807) is 35.2 Å². The minimum Gasteiger partial charge on any atom is -0.465 e. The average Bonchev–Trinajstić information content (AvgIpc) is 3.31. The lowest BCUT2D eigenvalue weighted by Gasteiger charge is -2.22. The second-order valence-electron chi connectivity index (χ2n) is 7.14. The highest BCUT2D eigenvalue weighted by Crippen LogP contribution is 2.42. The van der Waals surface area contributed by atoms with Crippen molar-refractivity contribution in [1.29, 1.82) is 0 Å². The predicted octanol–water partition coefficient (Wildman–Crippen LogP) is 2.29. The van der Waals surface area contributed by atoms with Crippen LogP contribution in [0.25, 0.3) is 0 Å². The highest BCUT2D eigenvalue weighted by molar-refractivity contribution is 8.15. The molecule has 154 valence electrons. The van der Waals surface area contributed by atoms with Crippen LogP contribution in [-0.4, -0.2) is 51.4 Å². The largest absolute Gasteiger partial charge is 0.465 e. The summed E-state index contributed by atoms with van der Waals surface area (Å²) >= 11 is 1.26. The van der Waals surface area contributed by atoms with E-state index in [0.29, 0.717) is 35.8 Å². The number of carbonyl (C=O) groups is 2. The third-order valence-corrected chi connectivity index (χ3v) is 7.67. The number of thioether (sulfide) groups is 1. The number of amides is 1. The molecule has 0 saturated heterocycles. The first-order chi connectivity index (χ1) is 14.4. The van der Waals surface area contributed by atoms with E-state index in [2.05, 4.69) is 4.40 Å². The molecule has 10 heteroatoms. The van der Waals surface area contributed by atoms with Crippen molar-refractivity contribution in [1.82, 2.24) is 0 Å². The second kappa shape index (κ2) is 6.85. The number of amidine groups is 1. The summed E-state index contributed by atoms with van der Waals surface area (Å²) in [6, 6.07) is 10.6. The van der Waals surface area contributed by atoms with Crippen molar-refractivity contribution in [2.45, 2.75) is 11.3 Å². The number of carbonyl (C=O) groups excluding carboxylic acids is 2. The summed E-state index contributed by atoms with van der Waals surface area (Å²) in [5.41, 5.74) is 3.57. The third kappa shape index (κ3) is 3.07. The van der Waals surface area contributed by atoms with E-state index in [-0.39, 0.29) is 11.7 Å². The molecular formula is C20H17N3O5S2. The molecule has 3 heterocycles. The summed E-state index contributed by atoms with van der Waals surface area (Å²) in [4.78, 5) is 29.3. The number of nitrogens with zero attached hydrogens (tertiary/aromatic N) is 3. The smallest absolute Gasteiger partial charge is 0.337 e. The number of benzene rings is 2. The van der Waals surface area contributed by atoms with Crippen LogP contribution in [0.5, 0.6) is 0 Å². The van der Waals surface area contributed by atoms with E-state index in [4.69, 9.17) is 4.74 Å². The minimum atomic E-state index is -3.42. The molecule has 0 aliphatic carbocycles. The molecule has 0 spiro atoms. The van der Waals surface area contributed by atoms with Crippen LogP contribution in [0.1, 0.15) is 26.3 Å². The number of esters is 1. The molecule has 2 aromatic rings. The lowest BCUT2D eigenvalue weighted by Crippen LogP contribution is -2.35. The predicted molar refractivity (Wildman–Crippen MR) is 114 cm³/mol. The molecule has 1 amide bonds. The molecule has 8 nitrogen and oxygen atoms in total. The molecule has 0 radical (unpaired) electrons. The molecule has 0 unspecified atom stereocenters. The quantitative estimate of drug-likeness (QED) is 0.657. The maximum Gasteiger partial charge on any atom is 0.337 e. The monoisotopic (exact) mass is 443 g/mol. The van der Waals surface area contributed by atoms with E-state index < -0.39 is 16.0 Å². The Kier molecular flexibility index (Phi) is 4.37. The summed E-state index contributed by atoms with van der Waals surface area (Å²) in [7, 11) is -2.08. The van der Waals surface area contributed by atoms with Crippen LogP contribution in [0.2, 0.25) is 0 Å². The lowest BCUT2D eigenvalue weighted by molar-refractivity contribution is 0.0600. The van der Waals surface area contributed by atoms with Crippen LogP contribution >= 0.6 is 11.8 Å². The maximum atomic E-state index is 13.2. The van der Waals surface area contributed by atoms with E-state index >= 15 is 0 Å². The Morgan fingerprint density at radius 3 is 2.63 bits per heavy atom. The Morgan fingerprint density at radius 1 is 1.07 bits per heavy atom. The van der Waals surface area contributed by atoms with Crippen LogP contribution in [-0.2, 0) is 21.2 Å². The summed E-state index contributed by atoms with van der Waals surface area (Å²) in [5, 5.41) is 0.433. The normalized spacial score (nSPS) is 18.4. The van der Waals surface area contributed by atoms with E-state index in [1.165, 1.54) is 18.9 Å². The van der Waals surface area contributed by atoms with Gasteiger partial charge in [-0.15, -0.1) is 4.40 Å². The molecule has 0 atom stereocenters. The SMILES string of the molecule is COC(=O)c1ccc2c(c1)CCN2C(=O)c1ccc2c(c1)SC1=NS(=O)(=O)CCN12. The standard InChI is InChI=1S/C20H17N3O5S2/c1-28-19(25)14-3-4-15-12(10-14)6-7-22(15)18(24)13-2-5-16-17(11-13)29-20-21-30(26,27)9-8-23(16)20/h2-5,10-11H,6-9H2,1H3. The minimum absolute atomic E-state index is 0.0185. The van der Waals surface area contributed by atoms with Crippen molar-refractivity contribution in [2.24, 2.45) is 4.40 Å². The van der Waals surface area contributed by atoms with Crippen molar-refractivity contribution in [3.8, 4) is 0 Å². The molecule has 0 N–H and O–H groups in total. The fourth-order valence-corrected chi connectivity index (χ4v) is 6.17. The van der Waals surface area contributed by atoms with Gasteiger partial charge in [0.25, 0.3) is 15.9 Å². The number of fused-ring (bicyclic) bond motifs is 4. The number of sulfonamides is 1. The first-order valence-corrected chi connectivity index (χ1v) is 11.7. The average molecular weight is 444 g/mol. The molecule has 0 bridgehead atoms. The van der Waals surface area contributed by atoms with E-state index in [0.717, 1.165) is 21.8 Å². The van der Waals surface area contributed by atoms with Gasteiger partial charge in [-0.2, -0.15) is 0 Å². The first kappa shape index (κ1) is 19.1. The van der Waals surface area contributed by atoms with Crippen molar-refractivity contribution in [2.75, 3.05) is 35.8 Å². The molecule has 5 rings (SSSR count). The summed E-state index contributed by atoms with van der Waals surface area (Å²) in [6.07, 6.45) is 0.661. The summed E-state index contributed by atoms with van der Waals surface area (Å²) < 4.78 is 32.2. The van der Waals surface area contributed by atoms with Gasteiger partial charge in [0.2, 0.25) is 0 Å². The molecule has 2 aromatic carbocycles. The van der Waals surface area contributed by atoms with Gasteiger partial charge in [0.1, 0.15) is 0 Å². The Hall–Kier alpha value is -2.85. The van der Waals surface area contributed by atoms with Crippen molar-refractivity contribution < 1.29 is 22.7 Å². The Morgan fingerprint density at radius 2 is 1.83 bits per heavy atom. The van der Waals surface area contributed by atoms with Crippen molar-refractivity contribution in [3.05, 3.63) is 53.1 Å². The number of hydrogen-bond acceptors (Lipinski definition) is 7. The molecule has 3 aliphatic rings. The fraction of sp³-hybridized carbons (Fsp3) is 0.250. The Balaban J connectivity index is 1.43. The molecule has 0 aromatic heterocycles. The molecular weight excluding hydrogens is 426 g/mol. The van der Waals surface area contributed by atoms with Gasteiger partial charge < -0.3 is 14.5 Å². The molecule has 30 heavy (non-hydrogen) atoms. The zero-order chi connectivity index (χ0) is 21.0. The van der Waals surface area contributed by atoms with Crippen LogP contribution in [0.15, 0.2) is 45.7 Å². The van der Waals surface area contributed by atoms with Crippen molar-refractivity contribution in [3.63, 3.8) is 0 Å². The van der Waals surface area contributed by atoms with Crippen LogP contribution in [0.3, 0.4) is 0 Å². The summed E-state index contributed by atoms with van der Waals surface area (Å²) in [5.74, 6) is -0.558. The zero-order valence-corrected chi connectivity index (χ0v) is 17.6. The molecule has 0 fully saturated rings. The van der Waals surface area contributed by atoms with Crippen LogP contribution in [0.4, 0.5) is 11.4 Å². The Bertz CT molecular complexity index is 1240. The zero-order valence-electron chi connectivity index (χ0n) is 16.0. The summed E-state index contributed by atoms with van der Waals surface area (Å²) in [6.45, 7) is 0.886. The third-order valence-electron chi connectivity index (χ3n) is 5.36. The van der Waals surface area contributed by atoms with Gasteiger partial charge in [-0.25, -0.2) is 13.2 Å². The first-order valence-electron chi connectivity index (χ1n) is 9.31. The maximum absolute atomic E-state index is 13.2. The topological polar surface area (TPSA) is 96.3 Å². The van der Waals surface area contributed by atoms with Gasteiger partial charge in [-0.3, -0.25) is 4.79 Å². The number of ether oxygens (including phenoxy) is 1. The van der Waals surface area contributed by atoms with Crippen LogP contribution < -0.4 is 9.80 Å². The lowest BCUT2D eigenvalue weighted by atomic mass is 10.1. The second-order valence-corrected chi connectivity index (χ2v) is 9.90. The highest BCUT2D eigenvalue weighted by Gasteiger charge is 2.34. The van der Waals surface area contributed by atoms with Gasteiger partial charge in [-0.05, 0) is 60.1 Å². The number of anilines is 2. The van der Waals surface area contributed by atoms with Crippen molar-refractivity contribution >= 4 is 50.2 Å². The number of rotatable bonds is 2. The van der Waals surface area contributed by atoms with Crippen LogP contribution in [0, 0.1) is 0 Å². The van der Waals surface area contributed by atoms with E-state index in [9.17, 15) is 18.0 Å². The van der Waals surface area contributed by atoms with Gasteiger partial charge in [-0.1, -0.05) is 0 Å². The van der Waals surface area contributed by atoms with Gasteiger partial charge in [0.05, 0.1) is 24.1 Å². The Labute approximate surface area is 177 Å². The van der Waals surface area contributed by atoms with E-state index in [1.807, 2.05) is 11.0 Å². The molecule has 3 aliphatic heterocycles. The van der Waals surface area contributed by atoms with Gasteiger partial charge >= 0.3 is 5.97 Å². The fourth-order valence-electron chi connectivity index (χ4n) is 3.88. The number of hydrogen-bond donors (Lipinski definition) is 0.